The van der Waals surface area contributed by atoms with E-state index in [4.69, 9.17) is 4.42 Å². The number of oxazole rings is 1. The first-order valence-corrected chi connectivity index (χ1v) is 7.97. The van der Waals surface area contributed by atoms with Gasteiger partial charge in [0.15, 0.2) is 0 Å². The van der Waals surface area contributed by atoms with Crippen LogP contribution < -0.4 is 0 Å². The summed E-state index contributed by atoms with van der Waals surface area (Å²) in [7, 11) is 2.05. The first kappa shape index (κ1) is 15.2. The number of piperazine rings is 1. The molecule has 6 nitrogen and oxygen atoms in total. The molecule has 3 rings (SSSR count). The molecule has 1 saturated heterocycles. The molecule has 2 aromatic rings. The highest BCUT2D eigenvalue weighted by molar-refractivity contribution is 4.99. The van der Waals surface area contributed by atoms with E-state index in [1.165, 1.54) is 0 Å². The molecule has 0 saturated carbocycles. The van der Waals surface area contributed by atoms with Crippen molar-refractivity contribution in [3.05, 3.63) is 36.1 Å². The molecule has 1 aliphatic rings. The van der Waals surface area contributed by atoms with Gasteiger partial charge in [-0.3, -0.25) is 9.80 Å². The molecule has 22 heavy (non-hydrogen) atoms. The monoisotopic (exact) mass is 303 g/mol. The predicted octanol–water partition coefficient (Wildman–Crippen LogP) is 1.85. The number of aryl methyl sites for hydroxylation is 1. The van der Waals surface area contributed by atoms with E-state index in [0.717, 1.165) is 56.7 Å². The van der Waals surface area contributed by atoms with E-state index in [2.05, 4.69) is 38.2 Å². The van der Waals surface area contributed by atoms with Crippen LogP contribution in [0.2, 0.25) is 0 Å². The topological polar surface area (TPSA) is 50.3 Å². The zero-order valence-corrected chi connectivity index (χ0v) is 13.7. The van der Waals surface area contributed by atoms with Crippen LogP contribution in [0, 0.1) is 0 Å². The normalized spacial score (nSPS) is 17.5. The number of aromatic nitrogens is 3. The zero-order valence-electron chi connectivity index (χ0n) is 13.7. The summed E-state index contributed by atoms with van der Waals surface area (Å²) in [4.78, 5) is 13.6. The Morgan fingerprint density at radius 2 is 1.77 bits per heavy atom. The Bertz CT molecular complexity index is 595. The number of imidazole rings is 1. The van der Waals surface area contributed by atoms with E-state index in [-0.39, 0.29) is 0 Å². The quantitative estimate of drug-likeness (QED) is 0.844. The Morgan fingerprint density at radius 3 is 2.32 bits per heavy atom. The maximum absolute atomic E-state index is 5.80. The summed E-state index contributed by atoms with van der Waals surface area (Å²) in [5.74, 6) is 3.34. The Labute approximate surface area is 131 Å². The summed E-state index contributed by atoms with van der Waals surface area (Å²) in [6, 6.07) is 0. The molecule has 1 aliphatic heterocycles. The lowest BCUT2D eigenvalue weighted by molar-refractivity contribution is 0.111. The lowest BCUT2D eigenvalue weighted by atomic mass is 10.2. The summed E-state index contributed by atoms with van der Waals surface area (Å²) in [5, 5.41) is 0. The van der Waals surface area contributed by atoms with Crippen molar-refractivity contribution < 1.29 is 4.42 Å². The molecule has 0 radical (unpaired) electrons. The minimum Gasteiger partial charge on any atom is -0.444 e. The van der Waals surface area contributed by atoms with E-state index >= 15 is 0 Å². The molecule has 6 heteroatoms. The van der Waals surface area contributed by atoms with Crippen molar-refractivity contribution in [1.82, 2.24) is 24.3 Å². The van der Waals surface area contributed by atoms with Crippen molar-refractivity contribution in [3.8, 4) is 0 Å². The fraction of sp³-hybridized carbons (Fsp3) is 0.625. The van der Waals surface area contributed by atoms with E-state index in [1.54, 1.807) is 0 Å². The molecule has 0 unspecified atom stereocenters. The van der Waals surface area contributed by atoms with Gasteiger partial charge in [0.1, 0.15) is 11.6 Å². The third-order valence-corrected chi connectivity index (χ3v) is 4.25. The first-order valence-electron chi connectivity index (χ1n) is 7.97. The molecule has 0 N–H and O–H groups in total. The van der Waals surface area contributed by atoms with Gasteiger partial charge in [-0.2, -0.15) is 0 Å². The zero-order chi connectivity index (χ0) is 15.5. The van der Waals surface area contributed by atoms with Gasteiger partial charge in [0.2, 0.25) is 5.89 Å². The van der Waals surface area contributed by atoms with Gasteiger partial charge in [-0.25, -0.2) is 9.97 Å². The van der Waals surface area contributed by atoms with Crippen LogP contribution in [0.1, 0.15) is 37.2 Å². The summed E-state index contributed by atoms with van der Waals surface area (Å²) < 4.78 is 7.89. The Morgan fingerprint density at radius 1 is 1.09 bits per heavy atom. The molecule has 0 bridgehead atoms. The van der Waals surface area contributed by atoms with Crippen LogP contribution in [-0.4, -0.2) is 50.5 Å². The van der Waals surface area contributed by atoms with Crippen LogP contribution in [0.15, 0.2) is 23.0 Å². The van der Waals surface area contributed by atoms with E-state index in [0.29, 0.717) is 5.92 Å². The van der Waals surface area contributed by atoms with Crippen LogP contribution in [0.4, 0.5) is 0 Å². The average molecular weight is 303 g/mol. The number of nitrogens with zero attached hydrogens (tertiary/aromatic N) is 5. The van der Waals surface area contributed by atoms with Gasteiger partial charge in [-0.05, 0) is 0 Å². The Kier molecular flexibility index (Phi) is 4.59. The summed E-state index contributed by atoms with van der Waals surface area (Å²) in [6.07, 6.45) is 5.72. The maximum atomic E-state index is 5.80. The first-order chi connectivity index (χ1) is 10.6. The minimum absolute atomic E-state index is 0.399. The lowest BCUT2D eigenvalue weighted by Crippen LogP contribution is -2.45. The highest BCUT2D eigenvalue weighted by atomic mass is 16.4. The van der Waals surface area contributed by atoms with E-state index < -0.39 is 0 Å². The summed E-state index contributed by atoms with van der Waals surface area (Å²) in [5.41, 5.74) is 0. The number of hydrogen-bond donors (Lipinski definition) is 0. The number of rotatable bonds is 5. The summed E-state index contributed by atoms with van der Waals surface area (Å²) in [6.45, 7) is 10.2. The van der Waals surface area contributed by atoms with Gasteiger partial charge >= 0.3 is 0 Å². The van der Waals surface area contributed by atoms with Crippen molar-refractivity contribution in [2.45, 2.75) is 32.9 Å². The van der Waals surface area contributed by atoms with Gasteiger partial charge < -0.3 is 8.98 Å². The lowest BCUT2D eigenvalue weighted by Gasteiger charge is -2.33. The van der Waals surface area contributed by atoms with Gasteiger partial charge in [0.25, 0.3) is 0 Å². The van der Waals surface area contributed by atoms with Gasteiger partial charge in [-0.1, -0.05) is 13.8 Å². The maximum Gasteiger partial charge on any atom is 0.208 e. The highest BCUT2D eigenvalue weighted by Gasteiger charge is 2.20. The molecular formula is C16H25N5O. The van der Waals surface area contributed by atoms with Crippen molar-refractivity contribution >= 4 is 0 Å². The van der Waals surface area contributed by atoms with E-state index in [9.17, 15) is 0 Å². The third-order valence-electron chi connectivity index (χ3n) is 4.25. The number of hydrogen-bond acceptors (Lipinski definition) is 5. The molecule has 1 fully saturated rings. The second-order valence-corrected chi connectivity index (χ2v) is 6.32. The smallest absolute Gasteiger partial charge is 0.208 e. The van der Waals surface area contributed by atoms with Gasteiger partial charge in [0, 0.05) is 51.5 Å². The van der Waals surface area contributed by atoms with Gasteiger partial charge in [-0.15, -0.1) is 0 Å². The fourth-order valence-electron chi connectivity index (χ4n) is 2.71. The molecule has 2 aromatic heterocycles. The Hall–Kier alpha value is -1.66. The molecule has 120 valence electrons. The van der Waals surface area contributed by atoms with Crippen molar-refractivity contribution in [3.63, 3.8) is 0 Å². The molecule has 0 atom stereocenters. The largest absolute Gasteiger partial charge is 0.444 e. The fourth-order valence-corrected chi connectivity index (χ4v) is 2.71. The molecule has 0 amide bonds. The third kappa shape index (κ3) is 3.56. The van der Waals surface area contributed by atoms with Crippen LogP contribution in [-0.2, 0) is 20.1 Å². The van der Waals surface area contributed by atoms with Crippen LogP contribution in [0.5, 0.6) is 0 Å². The second kappa shape index (κ2) is 6.62. The predicted molar refractivity (Wildman–Crippen MR) is 84.4 cm³/mol. The van der Waals surface area contributed by atoms with Crippen molar-refractivity contribution in [1.29, 1.82) is 0 Å². The minimum atomic E-state index is 0.399. The summed E-state index contributed by atoms with van der Waals surface area (Å²) >= 11 is 0. The molecule has 0 aromatic carbocycles. The van der Waals surface area contributed by atoms with Gasteiger partial charge in [0.05, 0.1) is 19.3 Å². The molecule has 3 heterocycles. The van der Waals surface area contributed by atoms with Crippen molar-refractivity contribution in [2.24, 2.45) is 7.05 Å². The van der Waals surface area contributed by atoms with Crippen LogP contribution >= 0.6 is 0 Å². The highest BCUT2D eigenvalue weighted by Crippen LogP contribution is 2.17. The molecule has 0 aliphatic carbocycles. The van der Waals surface area contributed by atoms with Crippen molar-refractivity contribution in [2.75, 3.05) is 26.2 Å². The average Bonchev–Trinajstić information content (AvgIpc) is 3.11. The van der Waals surface area contributed by atoms with E-state index in [1.807, 2.05) is 25.6 Å². The molecule has 0 spiro atoms. The standard InChI is InChI=1S/C16H25N5O/c1-13(2)14-10-18-16(22-14)12-21-8-6-20(7-9-21)11-15-17-4-5-19(15)3/h4-5,10,13H,6-9,11-12H2,1-3H3. The second-order valence-electron chi connectivity index (χ2n) is 6.32. The Balaban J connectivity index is 1.48. The molecular weight excluding hydrogens is 278 g/mol. The SMILES string of the molecule is CC(C)c1cnc(CN2CCN(Cc3nccn3C)CC2)o1. The van der Waals surface area contributed by atoms with Crippen LogP contribution in [0.3, 0.4) is 0 Å². The van der Waals surface area contributed by atoms with Crippen LogP contribution in [0.25, 0.3) is 0 Å².